The van der Waals surface area contributed by atoms with Gasteiger partial charge in [0.25, 0.3) is 0 Å². The van der Waals surface area contributed by atoms with Gasteiger partial charge in [-0.1, -0.05) is 66.7 Å². The minimum Gasteiger partial charge on any atom is -0.489 e. The molecule has 33 heavy (non-hydrogen) atoms. The molecular formula is C26H30ClN3O3. The summed E-state index contributed by atoms with van der Waals surface area (Å²) in [5, 5.41) is 9.75. The molecule has 0 bridgehead atoms. The van der Waals surface area contributed by atoms with Crippen LogP contribution in [0.1, 0.15) is 16.7 Å². The molecule has 0 fully saturated rings. The number of halogens is 1. The van der Waals surface area contributed by atoms with Crippen molar-refractivity contribution in [2.45, 2.75) is 25.5 Å². The molecule has 174 valence electrons. The van der Waals surface area contributed by atoms with Crippen LogP contribution in [0.25, 0.3) is 10.9 Å². The predicted octanol–water partition coefficient (Wildman–Crippen LogP) is 4.31. The lowest BCUT2D eigenvalue weighted by molar-refractivity contribution is -0.138. The second kappa shape index (κ2) is 13.3. The molecule has 1 heterocycles. The number of hydrogen-bond acceptors (Lipinski definition) is 4. The summed E-state index contributed by atoms with van der Waals surface area (Å²) in [6.45, 7) is 1.24. The Morgan fingerprint density at radius 1 is 0.939 bits per heavy atom. The number of nitrogens with two attached hydrogens (primary N) is 2. The number of hydrogen-bond donors (Lipinski definition) is 4. The van der Waals surface area contributed by atoms with Crippen molar-refractivity contribution < 1.29 is 14.6 Å². The van der Waals surface area contributed by atoms with Gasteiger partial charge in [0.15, 0.2) is 0 Å². The summed E-state index contributed by atoms with van der Waals surface area (Å²) in [6.07, 6.45) is 3.01. The van der Waals surface area contributed by atoms with Crippen LogP contribution in [0.3, 0.4) is 0 Å². The van der Waals surface area contributed by atoms with Crippen LogP contribution < -0.4 is 16.2 Å². The molecule has 1 aromatic heterocycles. The standard InChI is InChI=1S/C15H17NO.C11H12N2O2.ClH/c16-11-10-14-8-4-5-9-15(14)17-12-13-6-2-1-3-7-13;12-9(11(14)15)5-7-6-13-10-4-2-1-3-8(7)10;/h1-9H,10-12,16H2;1-4,6,9,13H,5,12H2,(H,14,15);1H/t;9-;/m.0./s1. The van der Waals surface area contributed by atoms with Gasteiger partial charge in [-0.3, -0.25) is 4.79 Å². The van der Waals surface area contributed by atoms with Crippen LogP contribution in [0.15, 0.2) is 85.1 Å². The molecule has 0 radical (unpaired) electrons. The number of ether oxygens (including phenoxy) is 1. The van der Waals surface area contributed by atoms with Crippen LogP contribution in [-0.4, -0.2) is 28.6 Å². The van der Waals surface area contributed by atoms with Crippen LogP contribution in [0, 0.1) is 0 Å². The van der Waals surface area contributed by atoms with Gasteiger partial charge < -0.3 is 26.3 Å². The first-order chi connectivity index (χ1) is 15.6. The maximum absolute atomic E-state index is 10.6. The average Bonchev–Trinajstić information content (AvgIpc) is 3.22. The van der Waals surface area contributed by atoms with Crippen LogP contribution >= 0.6 is 12.4 Å². The molecule has 0 aliphatic heterocycles. The largest absolute Gasteiger partial charge is 0.489 e. The number of carbonyl (C=O) groups is 1. The van der Waals surface area contributed by atoms with Crippen LogP contribution in [0.4, 0.5) is 0 Å². The van der Waals surface area contributed by atoms with Crippen molar-refractivity contribution in [3.05, 3.63) is 102 Å². The van der Waals surface area contributed by atoms with E-state index in [1.165, 1.54) is 11.1 Å². The number of carboxylic acids is 1. The lowest BCUT2D eigenvalue weighted by atomic mass is 10.1. The summed E-state index contributed by atoms with van der Waals surface area (Å²) >= 11 is 0. The number of carboxylic acid groups (broad SMARTS) is 1. The van der Waals surface area contributed by atoms with Gasteiger partial charge in [0.05, 0.1) is 0 Å². The van der Waals surface area contributed by atoms with Crippen molar-refractivity contribution >= 4 is 29.3 Å². The van der Waals surface area contributed by atoms with Gasteiger partial charge in [0.1, 0.15) is 18.4 Å². The van der Waals surface area contributed by atoms with E-state index in [9.17, 15) is 4.79 Å². The van der Waals surface area contributed by atoms with E-state index < -0.39 is 12.0 Å². The lowest BCUT2D eigenvalue weighted by Crippen LogP contribution is -2.32. The summed E-state index contributed by atoms with van der Waals surface area (Å²) in [5.41, 5.74) is 15.4. The van der Waals surface area contributed by atoms with Crippen LogP contribution in [-0.2, 0) is 24.2 Å². The van der Waals surface area contributed by atoms with Crippen molar-refractivity contribution in [2.24, 2.45) is 11.5 Å². The number of aromatic amines is 1. The summed E-state index contributed by atoms with van der Waals surface area (Å²) in [6, 6.07) is 25.1. The van der Waals surface area contributed by atoms with E-state index in [4.69, 9.17) is 21.3 Å². The predicted molar refractivity (Wildman–Crippen MR) is 135 cm³/mol. The fraction of sp³-hybridized carbons (Fsp3) is 0.192. The second-order valence-electron chi connectivity index (χ2n) is 7.43. The summed E-state index contributed by atoms with van der Waals surface area (Å²) in [5.74, 6) is -0.0397. The highest BCUT2D eigenvalue weighted by atomic mass is 35.5. The summed E-state index contributed by atoms with van der Waals surface area (Å²) in [4.78, 5) is 13.7. The van der Waals surface area contributed by atoms with Crippen molar-refractivity contribution in [1.29, 1.82) is 0 Å². The maximum Gasteiger partial charge on any atom is 0.320 e. The number of H-pyrrole nitrogens is 1. The Balaban J connectivity index is 0.000000228. The van der Waals surface area contributed by atoms with Crippen molar-refractivity contribution in [2.75, 3.05) is 6.54 Å². The molecule has 0 spiro atoms. The molecule has 4 rings (SSSR count). The van der Waals surface area contributed by atoms with E-state index in [0.717, 1.165) is 28.6 Å². The lowest BCUT2D eigenvalue weighted by Gasteiger charge is -2.10. The number of rotatable bonds is 8. The molecule has 0 amide bonds. The SMILES string of the molecule is Cl.NCCc1ccccc1OCc1ccccc1.N[C@@H](Cc1c[nH]c2ccccc12)C(=O)O. The first-order valence-electron chi connectivity index (χ1n) is 10.6. The number of aliphatic carboxylic acids is 1. The van der Waals surface area contributed by atoms with E-state index in [1.54, 1.807) is 0 Å². The molecule has 6 N–H and O–H groups in total. The van der Waals surface area contributed by atoms with E-state index in [1.807, 2.05) is 66.9 Å². The molecule has 0 saturated carbocycles. The van der Waals surface area contributed by atoms with E-state index in [-0.39, 0.29) is 12.4 Å². The highest BCUT2D eigenvalue weighted by Crippen LogP contribution is 2.20. The molecule has 7 heteroatoms. The Hall–Kier alpha value is -3.32. The fourth-order valence-corrected chi connectivity index (χ4v) is 3.37. The monoisotopic (exact) mass is 467 g/mol. The molecule has 1 atom stereocenters. The molecule has 0 aliphatic carbocycles. The minimum atomic E-state index is -0.972. The average molecular weight is 468 g/mol. The number of para-hydroxylation sites is 2. The maximum atomic E-state index is 10.6. The number of aromatic nitrogens is 1. The third-order valence-electron chi connectivity index (χ3n) is 5.06. The van der Waals surface area contributed by atoms with Crippen molar-refractivity contribution in [1.82, 2.24) is 4.98 Å². The first-order valence-corrected chi connectivity index (χ1v) is 10.6. The van der Waals surface area contributed by atoms with Gasteiger partial charge in [-0.05, 0) is 41.8 Å². The Morgan fingerprint density at radius 2 is 1.61 bits per heavy atom. The van der Waals surface area contributed by atoms with Gasteiger partial charge >= 0.3 is 5.97 Å². The minimum absolute atomic E-state index is 0. The summed E-state index contributed by atoms with van der Waals surface area (Å²) < 4.78 is 5.82. The van der Waals surface area contributed by atoms with Gasteiger partial charge in [0.2, 0.25) is 0 Å². The van der Waals surface area contributed by atoms with Gasteiger partial charge in [-0.2, -0.15) is 0 Å². The normalized spacial score (nSPS) is 11.1. The molecule has 0 unspecified atom stereocenters. The summed E-state index contributed by atoms with van der Waals surface area (Å²) in [7, 11) is 0. The molecule has 0 aliphatic rings. The zero-order chi connectivity index (χ0) is 22.8. The van der Waals surface area contributed by atoms with Gasteiger partial charge in [0, 0.05) is 23.5 Å². The van der Waals surface area contributed by atoms with Crippen LogP contribution in [0.2, 0.25) is 0 Å². The van der Waals surface area contributed by atoms with Gasteiger partial charge in [-0.15, -0.1) is 12.4 Å². The highest BCUT2D eigenvalue weighted by Gasteiger charge is 2.14. The Morgan fingerprint density at radius 3 is 2.33 bits per heavy atom. The topological polar surface area (TPSA) is 114 Å². The fourth-order valence-electron chi connectivity index (χ4n) is 3.37. The second-order valence-corrected chi connectivity index (χ2v) is 7.43. The number of nitrogens with one attached hydrogen (secondary N) is 1. The Labute approximate surface area is 200 Å². The quantitative estimate of drug-likeness (QED) is 0.308. The van der Waals surface area contributed by atoms with Crippen molar-refractivity contribution in [3.8, 4) is 5.75 Å². The van der Waals surface area contributed by atoms with E-state index in [0.29, 0.717) is 19.6 Å². The first kappa shape index (κ1) is 25.9. The van der Waals surface area contributed by atoms with E-state index in [2.05, 4.69) is 23.2 Å². The van der Waals surface area contributed by atoms with Crippen molar-refractivity contribution in [3.63, 3.8) is 0 Å². The number of benzene rings is 3. The van der Waals surface area contributed by atoms with Gasteiger partial charge in [-0.25, -0.2) is 0 Å². The highest BCUT2D eigenvalue weighted by molar-refractivity contribution is 5.85. The van der Waals surface area contributed by atoms with E-state index >= 15 is 0 Å². The smallest absolute Gasteiger partial charge is 0.320 e. The zero-order valence-electron chi connectivity index (χ0n) is 18.3. The third kappa shape index (κ3) is 7.64. The Bertz CT molecular complexity index is 1130. The third-order valence-corrected chi connectivity index (χ3v) is 5.06. The molecular weight excluding hydrogens is 438 g/mol. The zero-order valence-corrected chi connectivity index (χ0v) is 19.1. The van der Waals surface area contributed by atoms with Crippen LogP contribution in [0.5, 0.6) is 5.75 Å². The molecule has 6 nitrogen and oxygen atoms in total. The number of fused-ring (bicyclic) bond motifs is 1. The molecule has 3 aromatic carbocycles. The Kier molecular flexibility index (Phi) is 10.4. The molecule has 4 aromatic rings. The molecule has 0 saturated heterocycles.